The number of aliphatic carboxylic acids is 1. The topological polar surface area (TPSA) is 113 Å². The summed E-state index contributed by atoms with van der Waals surface area (Å²) in [6.45, 7) is 0. The molecule has 5 N–H and O–H groups in total. The molecule has 15 heavy (non-hydrogen) atoms. The van der Waals surface area contributed by atoms with Gasteiger partial charge in [-0.05, 0) is 6.07 Å². The van der Waals surface area contributed by atoms with Gasteiger partial charge in [0.05, 0.1) is 5.69 Å². The number of nitriles is 1. The highest BCUT2D eigenvalue weighted by atomic mass is 19.1. The molecular formula is C9H8FN3O2. The molecule has 0 unspecified atom stereocenters. The van der Waals surface area contributed by atoms with E-state index in [0.717, 1.165) is 6.07 Å². The van der Waals surface area contributed by atoms with Crippen molar-refractivity contribution >= 4 is 11.7 Å². The molecule has 0 bridgehead atoms. The summed E-state index contributed by atoms with van der Waals surface area (Å²) in [5, 5.41) is 17.2. The van der Waals surface area contributed by atoms with Crippen LogP contribution in [-0.2, 0) is 4.79 Å². The first-order chi connectivity index (χ1) is 6.99. The van der Waals surface area contributed by atoms with Gasteiger partial charge in [-0.15, -0.1) is 0 Å². The SMILES string of the molecule is N#Cc1c(N)ccc([C@H](N)C(=O)O)c1F. The summed E-state index contributed by atoms with van der Waals surface area (Å²) in [4.78, 5) is 10.5. The molecule has 1 atom stereocenters. The van der Waals surface area contributed by atoms with Gasteiger partial charge in [0.2, 0.25) is 0 Å². The van der Waals surface area contributed by atoms with Crippen LogP contribution in [0.2, 0.25) is 0 Å². The lowest BCUT2D eigenvalue weighted by atomic mass is 10.0. The van der Waals surface area contributed by atoms with Crippen LogP contribution in [0.1, 0.15) is 17.2 Å². The van der Waals surface area contributed by atoms with E-state index < -0.39 is 17.8 Å². The number of hydrogen-bond donors (Lipinski definition) is 3. The van der Waals surface area contributed by atoms with Crippen molar-refractivity contribution < 1.29 is 14.3 Å². The van der Waals surface area contributed by atoms with Crippen LogP contribution in [-0.4, -0.2) is 11.1 Å². The number of carboxylic acids is 1. The fourth-order valence-corrected chi connectivity index (χ4v) is 1.09. The van der Waals surface area contributed by atoms with Crippen molar-refractivity contribution in [3.63, 3.8) is 0 Å². The van der Waals surface area contributed by atoms with Crippen molar-refractivity contribution in [1.29, 1.82) is 5.26 Å². The van der Waals surface area contributed by atoms with Crippen LogP contribution in [0.3, 0.4) is 0 Å². The predicted octanol–water partition coefficient (Wildman–Crippen LogP) is 0.364. The highest BCUT2D eigenvalue weighted by Gasteiger charge is 2.21. The summed E-state index contributed by atoms with van der Waals surface area (Å²) in [6.07, 6.45) is 0. The minimum atomic E-state index is -1.50. The molecule has 6 heteroatoms. The number of rotatable bonds is 2. The standard InChI is InChI=1S/C9H8FN3O2/c10-7-4(8(13)9(14)15)1-2-6(12)5(7)3-11/h1-2,8H,12-13H2,(H,14,15)/t8-/m0/s1. The average Bonchev–Trinajstić information content (AvgIpc) is 2.17. The number of carbonyl (C=O) groups is 1. The third-order valence-corrected chi connectivity index (χ3v) is 1.92. The maximum absolute atomic E-state index is 13.5. The Morgan fingerprint density at radius 1 is 1.60 bits per heavy atom. The number of halogens is 1. The van der Waals surface area contributed by atoms with Gasteiger partial charge in [-0.25, -0.2) is 4.39 Å². The lowest BCUT2D eigenvalue weighted by molar-refractivity contribution is -0.138. The zero-order chi connectivity index (χ0) is 11.6. The van der Waals surface area contributed by atoms with E-state index in [1.165, 1.54) is 6.07 Å². The fraction of sp³-hybridized carbons (Fsp3) is 0.111. The Morgan fingerprint density at radius 2 is 2.20 bits per heavy atom. The minimum absolute atomic E-state index is 0.0451. The minimum Gasteiger partial charge on any atom is -0.480 e. The second kappa shape index (κ2) is 3.94. The normalized spacial score (nSPS) is 11.8. The van der Waals surface area contributed by atoms with E-state index in [-0.39, 0.29) is 16.8 Å². The zero-order valence-electron chi connectivity index (χ0n) is 7.57. The molecule has 0 aliphatic rings. The molecule has 0 aromatic heterocycles. The second-order valence-corrected chi connectivity index (χ2v) is 2.86. The number of nitrogen functional groups attached to an aromatic ring is 1. The van der Waals surface area contributed by atoms with Gasteiger partial charge >= 0.3 is 5.97 Å². The first-order valence-electron chi connectivity index (χ1n) is 3.95. The summed E-state index contributed by atoms with van der Waals surface area (Å²) in [7, 11) is 0. The molecule has 1 aromatic rings. The van der Waals surface area contributed by atoms with E-state index in [0.29, 0.717) is 0 Å². The Labute approximate surface area is 84.7 Å². The summed E-state index contributed by atoms with van der Waals surface area (Å²) in [6, 6.07) is 2.45. The van der Waals surface area contributed by atoms with Crippen LogP contribution in [0.4, 0.5) is 10.1 Å². The van der Waals surface area contributed by atoms with Gasteiger partial charge in [0.15, 0.2) is 0 Å². The van der Waals surface area contributed by atoms with Crippen LogP contribution in [0.25, 0.3) is 0 Å². The summed E-state index contributed by atoms with van der Waals surface area (Å²) < 4.78 is 13.5. The molecule has 0 fully saturated rings. The van der Waals surface area contributed by atoms with E-state index >= 15 is 0 Å². The van der Waals surface area contributed by atoms with Crippen LogP contribution < -0.4 is 11.5 Å². The molecule has 1 rings (SSSR count). The van der Waals surface area contributed by atoms with E-state index in [9.17, 15) is 9.18 Å². The van der Waals surface area contributed by atoms with Gasteiger partial charge in [-0.2, -0.15) is 5.26 Å². The second-order valence-electron chi connectivity index (χ2n) is 2.86. The summed E-state index contributed by atoms with van der Waals surface area (Å²) in [5.41, 5.74) is 9.86. The van der Waals surface area contributed by atoms with Gasteiger partial charge in [-0.1, -0.05) is 6.07 Å². The molecule has 5 nitrogen and oxygen atoms in total. The Kier molecular flexibility index (Phi) is 2.87. The molecule has 0 amide bonds. The number of nitrogens with two attached hydrogens (primary N) is 2. The fourth-order valence-electron chi connectivity index (χ4n) is 1.09. The number of hydrogen-bond acceptors (Lipinski definition) is 4. The van der Waals surface area contributed by atoms with Gasteiger partial charge < -0.3 is 16.6 Å². The van der Waals surface area contributed by atoms with Gasteiger partial charge in [-0.3, -0.25) is 4.79 Å². The monoisotopic (exact) mass is 209 g/mol. The van der Waals surface area contributed by atoms with Crippen LogP contribution in [0.15, 0.2) is 12.1 Å². The van der Waals surface area contributed by atoms with Crippen LogP contribution >= 0.6 is 0 Å². The van der Waals surface area contributed by atoms with Crippen molar-refractivity contribution in [1.82, 2.24) is 0 Å². The number of benzene rings is 1. The van der Waals surface area contributed by atoms with Gasteiger partial charge in [0.25, 0.3) is 0 Å². The maximum Gasteiger partial charge on any atom is 0.325 e. The number of anilines is 1. The van der Waals surface area contributed by atoms with Crippen LogP contribution in [0, 0.1) is 17.1 Å². The Balaban J connectivity index is 3.35. The molecule has 78 valence electrons. The average molecular weight is 209 g/mol. The van der Waals surface area contributed by atoms with Crippen molar-refractivity contribution in [3.05, 3.63) is 29.1 Å². The van der Waals surface area contributed by atoms with Crippen LogP contribution in [0.5, 0.6) is 0 Å². The summed E-state index contributed by atoms with van der Waals surface area (Å²) in [5.74, 6) is -2.35. The molecule has 1 aromatic carbocycles. The predicted molar refractivity (Wildman–Crippen MR) is 50.1 cm³/mol. The molecule has 0 radical (unpaired) electrons. The van der Waals surface area contributed by atoms with E-state index in [1.54, 1.807) is 6.07 Å². The summed E-state index contributed by atoms with van der Waals surface area (Å²) >= 11 is 0. The zero-order valence-corrected chi connectivity index (χ0v) is 7.57. The Morgan fingerprint density at radius 3 is 2.67 bits per heavy atom. The first-order valence-corrected chi connectivity index (χ1v) is 3.95. The van der Waals surface area contributed by atoms with E-state index in [1.807, 2.05) is 0 Å². The maximum atomic E-state index is 13.5. The van der Waals surface area contributed by atoms with E-state index in [4.69, 9.17) is 21.8 Å². The molecule has 0 saturated heterocycles. The van der Waals surface area contributed by atoms with Gasteiger partial charge in [0, 0.05) is 5.56 Å². The molecule has 0 saturated carbocycles. The third-order valence-electron chi connectivity index (χ3n) is 1.92. The van der Waals surface area contributed by atoms with Crippen molar-refractivity contribution in [2.45, 2.75) is 6.04 Å². The van der Waals surface area contributed by atoms with E-state index in [2.05, 4.69) is 0 Å². The van der Waals surface area contributed by atoms with Crippen molar-refractivity contribution in [3.8, 4) is 6.07 Å². The Bertz CT molecular complexity index is 453. The number of nitrogens with zero attached hydrogens (tertiary/aromatic N) is 1. The molecule has 0 heterocycles. The Hall–Kier alpha value is -2.13. The quantitative estimate of drug-likeness (QED) is 0.608. The smallest absolute Gasteiger partial charge is 0.325 e. The molecule has 0 aliphatic carbocycles. The lowest BCUT2D eigenvalue weighted by Gasteiger charge is -2.09. The largest absolute Gasteiger partial charge is 0.480 e. The highest BCUT2D eigenvalue weighted by molar-refractivity contribution is 5.76. The van der Waals surface area contributed by atoms with Crippen molar-refractivity contribution in [2.24, 2.45) is 5.73 Å². The number of carboxylic acid groups (broad SMARTS) is 1. The third kappa shape index (κ3) is 1.87. The van der Waals surface area contributed by atoms with Crippen molar-refractivity contribution in [2.75, 3.05) is 5.73 Å². The molecule has 0 aliphatic heterocycles. The molecular weight excluding hydrogens is 201 g/mol. The highest BCUT2D eigenvalue weighted by Crippen LogP contribution is 2.22. The first kappa shape index (κ1) is 10.9. The van der Waals surface area contributed by atoms with Gasteiger partial charge in [0.1, 0.15) is 23.5 Å². The lowest BCUT2D eigenvalue weighted by Crippen LogP contribution is -2.22. The molecule has 0 spiro atoms.